The summed E-state index contributed by atoms with van der Waals surface area (Å²) >= 11 is 0. The molecule has 0 bridgehead atoms. The third kappa shape index (κ3) is 2.73. The number of rotatable bonds is 3. The molecular weight excluding hydrogens is 386 g/mol. The highest BCUT2D eigenvalue weighted by Gasteiger charge is 2.26. The number of nitrogens with two attached hydrogens (primary N) is 1. The van der Waals surface area contributed by atoms with E-state index in [9.17, 15) is 8.42 Å². The lowest BCUT2D eigenvalue weighted by atomic mass is 10.1. The zero-order chi connectivity index (χ0) is 20.0. The van der Waals surface area contributed by atoms with Gasteiger partial charge in [-0.3, -0.25) is 0 Å². The molecule has 0 amide bonds. The fourth-order valence-corrected chi connectivity index (χ4v) is 4.61. The summed E-state index contributed by atoms with van der Waals surface area (Å²) in [5.41, 5.74) is 7.36. The van der Waals surface area contributed by atoms with Crippen molar-refractivity contribution in [3.8, 4) is 11.3 Å². The van der Waals surface area contributed by atoms with Crippen molar-refractivity contribution in [1.82, 2.24) is 19.2 Å². The molecule has 29 heavy (non-hydrogen) atoms. The van der Waals surface area contributed by atoms with Gasteiger partial charge in [-0.1, -0.05) is 60.7 Å². The first-order chi connectivity index (χ1) is 14.1. The maximum absolute atomic E-state index is 13.4. The molecule has 2 N–H and O–H groups in total. The maximum atomic E-state index is 13.4. The Morgan fingerprint density at radius 3 is 2.34 bits per heavy atom. The highest BCUT2D eigenvalue weighted by Crippen LogP contribution is 2.32. The Hall–Kier alpha value is -3.78. The van der Waals surface area contributed by atoms with Gasteiger partial charge in [0.25, 0.3) is 10.0 Å². The van der Waals surface area contributed by atoms with E-state index >= 15 is 0 Å². The molecule has 0 spiro atoms. The lowest BCUT2D eigenvalue weighted by Crippen LogP contribution is -2.15. The zero-order valence-corrected chi connectivity index (χ0v) is 15.9. The molecule has 7 nitrogen and oxygen atoms in total. The molecule has 3 aromatic carbocycles. The molecule has 5 rings (SSSR count). The topological polar surface area (TPSA) is 104 Å². The number of anilines is 1. The smallest absolute Gasteiger partial charge is 0.284 e. The van der Waals surface area contributed by atoms with E-state index in [-0.39, 0.29) is 16.4 Å². The molecule has 0 radical (unpaired) electrons. The summed E-state index contributed by atoms with van der Waals surface area (Å²) in [6.07, 6.45) is 1.24. The van der Waals surface area contributed by atoms with Gasteiger partial charge in [-0.2, -0.15) is 13.5 Å². The SMILES string of the molecule is Nc1ncnc2c1c(-c1ccccc1)nn2S(=O)(=O)c1ccc2ccccc2c1. The lowest BCUT2D eigenvalue weighted by molar-refractivity contribution is 0.582. The van der Waals surface area contributed by atoms with Crippen LogP contribution in [0.5, 0.6) is 0 Å². The van der Waals surface area contributed by atoms with Gasteiger partial charge in [0.15, 0.2) is 5.65 Å². The molecule has 142 valence electrons. The van der Waals surface area contributed by atoms with E-state index in [1.807, 2.05) is 54.6 Å². The minimum Gasteiger partial charge on any atom is -0.383 e. The molecular formula is C21H15N5O2S. The van der Waals surface area contributed by atoms with Gasteiger partial charge in [0.1, 0.15) is 17.8 Å². The van der Waals surface area contributed by atoms with Crippen molar-refractivity contribution in [2.75, 3.05) is 5.73 Å². The number of hydrogen-bond donors (Lipinski definition) is 1. The van der Waals surface area contributed by atoms with Crippen molar-refractivity contribution in [3.63, 3.8) is 0 Å². The summed E-state index contributed by atoms with van der Waals surface area (Å²) in [4.78, 5) is 8.32. The molecule has 0 atom stereocenters. The molecule has 0 saturated carbocycles. The van der Waals surface area contributed by atoms with Gasteiger partial charge in [-0.15, -0.1) is 4.09 Å². The summed E-state index contributed by atoms with van der Waals surface area (Å²) in [5.74, 6) is 0.175. The maximum Gasteiger partial charge on any atom is 0.284 e. The first-order valence-corrected chi connectivity index (χ1v) is 10.3. The molecule has 2 heterocycles. The Morgan fingerprint density at radius 1 is 0.828 bits per heavy atom. The van der Waals surface area contributed by atoms with Crippen LogP contribution in [0.4, 0.5) is 5.82 Å². The Bertz CT molecular complexity index is 1480. The van der Waals surface area contributed by atoms with E-state index in [1.165, 1.54) is 6.33 Å². The van der Waals surface area contributed by atoms with Crippen molar-refractivity contribution in [1.29, 1.82) is 0 Å². The fourth-order valence-electron chi connectivity index (χ4n) is 3.34. The quantitative estimate of drug-likeness (QED) is 0.496. The van der Waals surface area contributed by atoms with Crippen LogP contribution in [-0.4, -0.2) is 27.6 Å². The largest absolute Gasteiger partial charge is 0.383 e. The van der Waals surface area contributed by atoms with Crippen LogP contribution in [-0.2, 0) is 10.0 Å². The number of aromatic nitrogens is 4. The fraction of sp³-hybridized carbons (Fsp3) is 0. The van der Waals surface area contributed by atoms with Gasteiger partial charge in [0.05, 0.1) is 10.3 Å². The minimum atomic E-state index is -4.00. The van der Waals surface area contributed by atoms with Crippen LogP contribution in [0.25, 0.3) is 33.1 Å². The molecule has 5 aromatic rings. The van der Waals surface area contributed by atoms with Crippen LogP contribution in [0.15, 0.2) is 84.0 Å². The minimum absolute atomic E-state index is 0.123. The lowest BCUT2D eigenvalue weighted by Gasteiger charge is -2.07. The van der Waals surface area contributed by atoms with Gasteiger partial charge in [0.2, 0.25) is 0 Å². The molecule has 2 aromatic heterocycles. The van der Waals surface area contributed by atoms with Crippen LogP contribution in [0, 0.1) is 0 Å². The number of hydrogen-bond acceptors (Lipinski definition) is 6. The van der Waals surface area contributed by atoms with Crippen LogP contribution >= 0.6 is 0 Å². The number of nitrogens with zero attached hydrogens (tertiary/aromatic N) is 4. The Morgan fingerprint density at radius 2 is 1.55 bits per heavy atom. The second kappa shape index (κ2) is 6.39. The Kier molecular flexibility index (Phi) is 3.82. The predicted octanol–water partition coefficient (Wildman–Crippen LogP) is 3.47. The van der Waals surface area contributed by atoms with E-state index in [2.05, 4.69) is 15.1 Å². The van der Waals surface area contributed by atoms with Crippen LogP contribution in [0.1, 0.15) is 0 Å². The average Bonchev–Trinajstić information content (AvgIpc) is 3.16. The van der Waals surface area contributed by atoms with Gasteiger partial charge >= 0.3 is 0 Å². The Balaban J connectivity index is 1.79. The molecule has 8 heteroatoms. The summed E-state index contributed by atoms with van der Waals surface area (Å²) in [6.45, 7) is 0. The van der Waals surface area contributed by atoms with E-state index < -0.39 is 10.0 Å². The van der Waals surface area contributed by atoms with Crippen molar-refractivity contribution < 1.29 is 8.42 Å². The van der Waals surface area contributed by atoms with Crippen LogP contribution in [0.3, 0.4) is 0 Å². The molecule has 0 unspecified atom stereocenters. The van der Waals surface area contributed by atoms with E-state index in [0.717, 1.165) is 20.4 Å². The van der Waals surface area contributed by atoms with Crippen molar-refractivity contribution in [2.24, 2.45) is 0 Å². The monoisotopic (exact) mass is 401 g/mol. The zero-order valence-electron chi connectivity index (χ0n) is 15.1. The molecule has 0 aliphatic rings. The summed E-state index contributed by atoms with van der Waals surface area (Å²) in [7, 11) is -4.00. The van der Waals surface area contributed by atoms with Crippen LogP contribution < -0.4 is 5.73 Å². The number of fused-ring (bicyclic) bond motifs is 2. The van der Waals surface area contributed by atoms with Gasteiger partial charge in [-0.25, -0.2) is 9.97 Å². The van der Waals surface area contributed by atoms with E-state index in [4.69, 9.17) is 5.73 Å². The molecule has 0 aliphatic carbocycles. The number of benzene rings is 3. The second-order valence-corrected chi connectivity index (χ2v) is 8.30. The standard InChI is InChI=1S/C21H15N5O2S/c22-20-18-19(15-7-2-1-3-8-15)25-26(21(18)24-13-23-20)29(27,28)17-11-10-14-6-4-5-9-16(14)12-17/h1-13H,(H2,22,23,24). The highest BCUT2D eigenvalue weighted by molar-refractivity contribution is 7.90. The normalized spacial score (nSPS) is 11.9. The van der Waals surface area contributed by atoms with Crippen molar-refractivity contribution in [3.05, 3.63) is 79.1 Å². The molecule has 0 fully saturated rings. The van der Waals surface area contributed by atoms with Gasteiger partial charge in [-0.05, 0) is 22.9 Å². The Labute approximate surface area is 166 Å². The van der Waals surface area contributed by atoms with E-state index in [1.54, 1.807) is 18.2 Å². The second-order valence-electron chi connectivity index (χ2n) is 6.53. The van der Waals surface area contributed by atoms with E-state index in [0.29, 0.717) is 11.1 Å². The van der Waals surface area contributed by atoms with Crippen molar-refractivity contribution >= 4 is 37.6 Å². The number of nitrogen functional groups attached to an aromatic ring is 1. The first kappa shape index (κ1) is 17.3. The first-order valence-electron chi connectivity index (χ1n) is 8.85. The summed E-state index contributed by atoms with van der Waals surface area (Å²) < 4.78 is 27.8. The summed E-state index contributed by atoms with van der Waals surface area (Å²) in [6, 6.07) is 21.8. The average molecular weight is 401 g/mol. The van der Waals surface area contributed by atoms with Gasteiger partial charge < -0.3 is 5.73 Å². The third-order valence-electron chi connectivity index (χ3n) is 4.76. The molecule has 0 saturated heterocycles. The summed E-state index contributed by atoms with van der Waals surface area (Å²) in [5, 5.41) is 6.57. The highest BCUT2D eigenvalue weighted by atomic mass is 32.2. The van der Waals surface area contributed by atoms with Crippen LogP contribution in [0.2, 0.25) is 0 Å². The van der Waals surface area contributed by atoms with Crippen molar-refractivity contribution in [2.45, 2.75) is 4.90 Å². The predicted molar refractivity (Wildman–Crippen MR) is 112 cm³/mol. The third-order valence-corrected chi connectivity index (χ3v) is 6.32. The van der Waals surface area contributed by atoms with Gasteiger partial charge in [0, 0.05) is 5.56 Å². The molecule has 0 aliphatic heterocycles.